The SMILES string of the molecule is C=CCOC(=O)NC1=CC(=O)C=CC1=O. The third-order valence-electron chi connectivity index (χ3n) is 1.52. The number of allylic oxidation sites excluding steroid dienone is 3. The second kappa shape index (κ2) is 4.90. The van der Waals surface area contributed by atoms with Gasteiger partial charge in [0.25, 0.3) is 0 Å². The highest BCUT2D eigenvalue weighted by atomic mass is 16.5. The van der Waals surface area contributed by atoms with Gasteiger partial charge in [0.2, 0.25) is 5.78 Å². The van der Waals surface area contributed by atoms with Gasteiger partial charge in [-0.3, -0.25) is 14.9 Å². The molecule has 0 spiro atoms. The van der Waals surface area contributed by atoms with Gasteiger partial charge in [0.1, 0.15) is 6.61 Å². The van der Waals surface area contributed by atoms with Crippen molar-refractivity contribution in [3.05, 3.63) is 36.6 Å². The Morgan fingerprint density at radius 3 is 2.87 bits per heavy atom. The molecular weight excluding hydrogens is 198 g/mol. The van der Waals surface area contributed by atoms with Crippen molar-refractivity contribution < 1.29 is 19.1 Å². The van der Waals surface area contributed by atoms with Crippen LogP contribution in [0.3, 0.4) is 0 Å². The summed E-state index contributed by atoms with van der Waals surface area (Å²) in [5.41, 5.74) is -0.0865. The molecule has 15 heavy (non-hydrogen) atoms. The van der Waals surface area contributed by atoms with Gasteiger partial charge in [0.05, 0.1) is 5.70 Å². The maximum Gasteiger partial charge on any atom is 0.412 e. The van der Waals surface area contributed by atoms with Crippen LogP contribution in [-0.2, 0) is 14.3 Å². The fourth-order valence-electron chi connectivity index (χ4n) is 0.887. The molecule has 5 nitrogen and oxygen atoms in total. The molecule has 0 unspecified atom stereocenters. The van der Waals surface area contributed by atoms with Crippen LogP contribution in [0, 0.1) is 0 Å². The molecule has 1 amide bonds. The third-order valence-corrected chi connectivity index (χ3v) is 1.52. The molecule has 0 saturated carbocycles. The number of hydrogen-bond acceptors (Lipinski definition) is 4. The van der Waals surface area contributed by atoms with E-state index in [0.29, 0.717) is 0 Å². The number of ether oxygens (including phenoxy) is 1. The fourth-order valence-corrected chi connectivity index (χ4v) is 0.887. The molecule has 78 valence electrons. The number of amides is 1. The maximum atomic E-state index is 11.2. The molecular formula is C10H9NO4. The van der Waals surface area contributed by atoms with Gasteiger partial charge in [0.15, 0.2) is 5.78 Å². The zero-order valence-electron chi connectivity index (χ0n) is 7.86. The van der Waals surface area contributed by atoms with Crippen LogP contribution in [0.2, 0.25) is 0 Å². The van der Waals surface area contributed by atoms with E-state index < -0.39 is 11.9 Å². The average molecular weight is 207 g/mol. The highest BCUT2D eigenvalue weighted by molar-refractivity contribution is 6.17. The van der Waals surface area contributed by atoms with Gasteiger partial charge in [-0.1, -0.05) is 12.7 Å². The topological polar surface area (TPSA) is 72.5 Å². The van der Waals surface area contributed by atoms with Crippen molar-refractivity contribution in [3.63, 3.8) is 0 Å². The van der Waals surface area contributed by atoms with Gasteiger partial charge >= 0.3 is 6.09 Å². The van der Waals surface area contributed by atoms with E-state index in [1.807, 2.05) is 0 Å². The smallest absolute Gasteiger partial charge is 0.412 e. The van der Waals surface area contributed by atoms with Crippen LogP contribution >= 0.6 is 0 Å². The molecule has 0 saturated heterocycles. The number of carbonyl (C=O) groups excluding carboxylic acids is 3. The van der Waals surface area contributed by atoms with Crippen LogP contribution in [0.25, 0.3) is 0 Å². The van der Waals surface area contributed by atoms with Crippen molar-refractivity contribution >= 4 is 17.7 Å². The minimum atomic E-state index is -0.794. The first kappa shape index (κ1) is 10.9. The van der Waals surface area contributed by atoms with Crippen LogP contribution in [0.5, 0.6) is 0 Å². The zero-order valence-corrected chi connectivity index (χ0v) is 7.86. The van der Waals surface area contributed by atoms with E-state index in [1.54, 1.807) is 0 Å². The molecule has 0 aromatic heterocycles. The molecule has 0 aromatic carbocycles. The average Bonchev–Trinajstić information content (AvgIpc) is 2.20. The van der Waals surface area contributed by atoms with Gasteiger partial charge in [-0.25, -0.2) is 4.79 Å². The Hall–Kier alpha value is -2.17. The summed E-state index contributed by atoms with van der Waals surface area (Å²) in [5.74, 6) is -0.793. The summed E-state index contributed by atoms with van der Waals surface area (Å²) >= 11 is 0. The predicted molar refractivity (Wildman–Crippen MR) is 51.9 cm³/mol. The van der Waals surface area contributed by atoms with Crippen molar-refractivity contribution in [2.24, 2.45) is 0 Å². The molecule has 0 fully saturated rings. The highest BCUT2D eigenvalue weighted by Crippen LogP contribution is 2.02. The largest absolute Gasteiger partial charge is 0.445 e. The maximum absolute atomic E-state index is 11.2. The molecule has 1 aliphatic carbocycles. The van der Waals surface area contributed by atoms with E-state index in [4.69, 9.17) is 0 Å². The lowest BCUT2D eigenvalue weighted by Gasteiger charge is -2.08. The molecule has 0 atom stereocenters. The van der Waals surface area contributed by atoms with Crippen molar-refractivity contribution in [2.75, 3.05) is 6.61 Å². The summed E-state index contributed by atoms with van der Waals surface area (Å²) in [6.45, 7) is 3.39. The molecule has 0 aromatic rings. The van der Waals surface area contributed by atoms with Gasteiger partial charge in [-0.05, 0) is 12.2 Å². The van der Waals surface area contributed by atoms with Crippen LogP contribution < -0.4 is 5.32 Å². The normalized spacial score (nSPS) is 14.5. The van der Waals surface area contributed by atoms with Crippen LogP contribution in [0.1, 0.15) is 0 Å². The van der Waals surface area contributed by atoms with Crippen molar-refractivity contribution in [1.82, 2.24) is 5.32 Å². The van der Waals surface area contributed by atoms with E-state index >= 15 is 0 Å². The van der Waals surface area contributed by atoms with Crippen LogP contribution in [0.4, 0.5) is 4.79 Å². The lowest BCUT2D eigenvalue weighted by atomic mass is 10.1. The summed E-state index contributed by atoms with van der Waals surface area (Å²) in [6.07, 6.45) is 3.85. The summed E-state index contributed by atoms with van der Waals surface area (Å²) in [5, 5.41) is 2.16. The lowest BCUT2D eigenvalue weighted by molar-refractivity contribution is -0.114. The van der Waals surface area contributed by atoms with Crippen LogP contribution in [-0.4, -0.2) is 24.3 Å². The van der Waals surface area contributed by atoms with Crippen molar-refractivity contribution in [1.29, 1.82) is 0 Å². The van der Waals surface area contributed by atoms with Gasteiger partial charge in [-0.2, -0.15) is 0 Å². The second-order valence-corrected chi connectivity index (χ2v) is 2.67. The first-order valence-corrected chi connectivity index (χ1v) is 4.16. The monoisotopic (exact) mass is 207 g/mol. The fraction of sp³-hybridized carbons (Fsp3) is 0.100. The van der Waals surface area contributed by atoms with E-state index in [0.717, 1.165) is 18.2 Å². The van der Waals surface area contributed by atoms with Gasteiger partial charge in [-0.15, -0.1) is 0 Å². The van der Waals surface area contributed by atoms with E-state index in [9.17, 15) is 14.4 Å². The molecule has 5 heteroatoms. The molecule has 0 radical (unpaired) electrons. The van der Waals surface area contributed by atoms with Gasteiger partial charge < -0.3 is 4.74 Å². The standard InChI is InChI=1S/C10H9NO4/c1-2-5-15-10(14)11-8-6-7(12)3-4-9(8)13/h2-4,6H,1,5H2,(H,11,14). The zero-order chi connectivity index (χ0) is 11.3. The van der Waals surface area contributed by atoms with Gasteiger partial charge in [0, 0.05) is 6.08 Å². The summed E-state index contributed by atoms with van der Waals surface area (Å²) in [6, 6.07) is 0. The Morgan fingerprint density at radius 1 is 1.47 bits per heavy atom. The van der Waals surface area contributed by atoms with E-state index in [1.165, 1.54) is 6.08 Å². The van der Waals surface area contributed by atoms with E-state index in [2.05, 4.69) is 16.6 Å². The lowest BCUT2D eigenvalue weighted by Crippen LogP contribution is -2.29. The van der Waals surface area contributed by atoms with E-state index in [-0.39, 0.29) is 18.1 Å². The molecule has 0 aliphatic heterocycles. The number of ketones is 2. The predicted octanol–water partition coefficient (Wildman–Crippen LogP) is 0.490. The third kappa shape index (κ3) is 3.22. The molecule has 0 heterocycles. The minimum Gasteiger partial charge on any atom is -0.445 e. The summed E-state index contributed by atoms with van der Waals surface area (Å²) in [4.78, 5) is 33.1. The second-order valence-electron chi connectivity index (χ2n) is 2.67. The van der Waals surface area contributed by atoms with Crippen molar-refractivity contribution in [2.45, 2.75) is 0 Å². The Labute approximate surface area is 86.1 Å². The molecule has 0 bridgehead atoms. The minimum absolute atomic E-state index is 0.0388. The Morgan fingerprint density at radius 2 is 2.20 bits per heavy atom. The first-order valence-electron chi connectivity index (χ1n) is 4.16. The Kier molecular flexibility index (Phi) is 3.56. The number of hydrogen-bond donors (Lipinski definition) is 1. The number of rotatable bonds is 3. The first-order chi connectivity index (χ1) is 7.13. The molecule has 1 aliphatic rings. The number of nitrogens with one attached hydrogen (secondary N) is 1. The number of alkyl carbamates (subject to hydrolysis) is 1. The Bertz CT molecular complexity index is 379. The molecule has 1 N–H and O–H groups in total. The van der Waals surface area contributed by atoms with Crippen LogP contribution in [0.15, 0.2) is 36.6 Å². The van der Waals surface area contributed by atoms with Crippen molar-refractivity contribution in [3.8, 4) is 0 Å². The highest BCUT2D eigenvalue weighted by Gasteiger charge is 2.15. The quantitative estimate of drug-likeness (QED) is 0.540. The summed E-state index contributed by atoms with van der Waals surface area (Å²) in [7, 11) is 0. The molecule has 1 rings (SSSR count). The summed E-state index contributed by atoms with van der Waals surface area (Å²) < 4.78 is 4.58. The Balaban J connectivity index is 2.57. The number of carbonyl (C=O) groups is 3.